The van der Waals surface area contributed by atoms with E-state index in [1.165, 1.54) is 31.3 Å². The standard InChI is InChI=1S/C49H31N3OS/c1-2-10-30(11-3-1)31-12-8-13-35(27-31)47-50-48(52-49(51-47)37-24-25-45-41(29-37)39-14-5-7-19-44(39)54-45)36-23-21-32-26-34(22-20-33(32)28-36)38-16-9-18-43-46(38)40-15-4-6-17-42(40)53-43/h1-29,47H,(H,50,51,52). The average Bonchev–Trinajstić information content (AvgIpc) is 3.82. The molecule has 1 atom stereocenters. The van der Waals surface area contributed by atoms with Crippen molar-refractivity contribution < 1.29 is 4.42 Å². The molecule has 11 rings (SSSR count). The monoisotopic (exact) mass is 709 g/mol. The minimum atomic E-state index is -0.325. The topological polar surface area (TPSA) is 49.9 Å². The first kappa shape index (κ1) is 30.8. The van der Waals surface area contributed by atoms with E-state index < -0.39 is 0 Å². The lowest BCUT2D eigenvalue weighted by molar-refractivity contribution is 0.669. The van der Waals surface area contributed by atoms with E-state index in [9.17, 15) is 0 Å². The molecule has 8 aromatic carbocycles. The van der Waals surface area contributed by atoms with Crippen LogP contribution in [0.2, 0.25) is 0 Å². The molecule has 5 heteroatoms. The zero-order valence-corrected chi connectivity index (χ0v) is 29.8. The molecule has 0 saturated carbocycles. The Kier molecular flexibility index (Phi) is 7.07. The summed E-state index contributed by atoms with van der Waals surface area (Å²) in [6, 6.07) is 62.2. The largest absolute Gasteiger partial charge is 0.456 e. The lowest BCUT2D eigenvalue weighted by atomic mass is 9.96. The molecule has 0 fully saturated rings. The lowest BCUT2D eigenvalue weighted by Crippen LogP contribution is -2.33. The first-order valence-corrected chi connectivity index (χ1v) is 19.0. The summed E-state index contributed by atoms with van der Waals surface area (Å²) in [5, 5.41) is 10.8. The van der Waals surface area contributed by atoms with Crippen molar-refractivity contribution in [2.75, 3.05) is 0 Å². The Morgan fingerprint density at radius 2 is 1.19 bits per heavy atom. The molecule has 2 aromatic heterocycles. The number of para-hydroxylation sites is 1. The van der Waals surface area contributed by atoms with Crippen LogP contribution in [0.25, 0.3) is 75.1 Å². The molecule has 54 heavy (non-hydrogen) atoms. The van der Waals surface area contributed by atoms with E-state index in [1.54, 1.807) is 0 Å². The number of hydrogen-bond acceptors (Lipinski definition) is 5. The van der Waals surface area contributed by atoms with Gasteiger partial charge in [-0.1, -0.05) is 121 Å². The second kappa shape index (κ2) is 12.4. The molecular formula is C49H31N3OS. The highest BCUT2D eigenvalue weighted by Crippen LogP contribution is 2.38. The summed E-state index contributed by atoms with van der Waals surface area (Å²) in [7, 11) is 0. The highest BCUT2D eigenvalue weighted by molar-refractivity contribution is 7.25. The van der Waals surface area contributed by atoms with Crippen molar-refractivity contribution in [3.8, 4) is 22.3 Å². The number of aliphatic imine (C=N–C) groups is 2. The van der Waals surface area contributed by atoms with E-state index in [2.05, 4.69) is 163 Å². The number of fused-ring (bicyclic) bond motifs is 7. The van der Waals surface area contributed by atoms with Crippen molar-refractivity contribution in [2.45, 2.75) is 6.17 Å². The number of nitrogens with one attached hydrogen (secondary N) is 1. The predicted molar refractivity (Wildman–Crippen MR) is 227 cm³/mol. The smallest absolute Gasteiger partial charge is 0.159 e. The molecular weight excluding hydrogens is 679 g/mol. The van der Waals surface area contributed by atoms with Crippen molar-refractivity contribution in [1.29, 1.82) is 0 Å². The first-order chi connectivity index (χ1) is 26.7. The van der Waals surface area contributed by atoms with Crippen LogP contribution >= 0.6 is 11.3 Å². The summed E-state index contributed by atoms with van der Waals surface area (Å²) in [4.78, 5) is 10.5. The molecule has 10 aromatic rings. The van der Waals surface area contributed by atoms with E-state index >= 15 is 0 Å². The normalized spacial score (nSPS) is 14.5. The number of hydrogen-bond donors (Lipinski definition) is 1. The van der Waals surface area contributed by atoms with Crippen molar-refractivity contribution in [3.05, 3.63) is 193 Å². The number of amidine groups is 2. The van der Waals surface area contributed by atoms with Crippen LogP contribution in [0.4, 0.5) is 0 Å². The summed E-state index contributed by atoms with van der Waals surface area (Å²) < 4.78 is 8.75. The molecule has 0 radical (unpaired) electrons. The summed E-state index contributed by atoms with van der Waals surface area (Å²) in [5.74, 6) is 1.51. The van der Waals surface area contributed by atoms with Gasteiger partial charge in [-0.2, -0.15) is 0 Å². The van der Waals surface area contributed by atoms with Gasteiger partial charge in [0.05, 0.1) is 0 Å². The lowest BCUT2D eigenvalue weighted by Gasteiger charge is -2.24. The van der Waals surface area contributed by atoms with Crippen LogP contribution in [-0.4, -0.2) is 11.7 Å². The number of rotatable bonds is 5. The van der Waals surface area contributed by atoms with Gasteiger partial charge in [0.15, 0.2) is 5.84 Å². The Bertz CT molecular complexity index is 3150. The molecule has 0 aliphatic carbocycles. The van der Waals surface area contributed by atoms with Crippen molar-refractivity contribution in [1.82, 2.24) is 5.32 Å². The van der Waals surface area contributed by atoms with Crippen LogP contribution in [0.5, 0.6) is 0 Å². The molecule has 1 N–H and O–H groups in total. The van der Waals surface area contributed by atoms with Crippen LogP contribution in [0, 0.1) is 0 Å². The van der Waals surface area contributed by atoms with Gasteiger partial charge < -0.3 is 9.73 Å². The molecule has 1 aliphatic rings. The average molecular weight is 710 g/mol. The third-order valence-corrected chi connectivity index (χ3v) is 11.7. The fourth-order valence-electron chi connectivity index (χ4n) is 7.86. The third-order valence-electron chi connectivity index (χ3n) is 10.5. The van der Waals surface area contributed by atoms with Crippen molar-refractivity contribution in [3.63, 3.8) is 0 Å². The van der Waals surface area contributed by atoms with Gasteiger partial charge in [0, 0.05) is 42.1 Å². The minimum Gasteiger partial charge on any atom is -0.456 e. The fraction of sp³-hybridized carbons (Fsp3) is 0.0204. The Balaban J connectivity index is 1.01. The number of thiophene rings is 1. The van der Waals surface area contributed by atoms with E-state index in [1.807, 2.05) is 29.5 Å². The SMILES string of the molecule is c1ccc(-c2cccc(C3N=C(c4ccc5sc6ccccc6c5c4)N=C(c4ccc5cc(-c6cccc7oc8ccccc8c67)ccc5c4)N3)c2)cc1. The van der Waals surface area contributed by atoms with Crippen molar-refractivity contribution in [2.24, 2.45) is 9.98 Å². The second-order valence-electron chi connectivity index (χ2n) is 13.8. The zero-order valence-electron chi connectivity index (χ0n) is 29.0. The summed E-state index contributed by atoms with van der Waals surface area (Å²) in [6.45, 7) is 0. The highest BCUT2D eigenvalue weighted by Gasteiger charge is 2.23. The van der Waals surface area contributed by atoms with Gasteiger partial charge in [-0.15, -0.1) is 11.3 Å². The Morgan fingerprint density at radius 1 is 0.481 bits per heavy atom. The van der Waals surface area contributed by atoms with Crippen LogP contribution in [0.3, 0.4) is 0 Å². The van der Waals surface area contributed by atoms with Gasteiger partial charge in [0.2, 0.25) is 0 Å². The van der Waals surface area contributed by atoms with Crippen LogP contribution in [-0.2, 0) is 0 Å². The quantitative estimate of drug-likeness (QED) is 0.193. The molecule has 0 spiro atoms. The molecule has 4 nitrogen and oxygen atoms in total. The van der Waals surface area contributed by atoms with Crippen LogP contribution in [0.1, 0.15) is 22.9 Å². The summed E-state index contributed by atoms with van der Waals surface area (Å²) in [5.41, 5.74) is 9.55. The molecule has 1 unspecified atom stereocenters. The third kappa shape index (κ3) is 5.20. The molecule has 0 amide bonds. The maximum Gasteiger partial charge on any atom is 0.159 e. The van der Waals surface area contributed by atoms with E-state index in [4.69, 9.17) is 14.4 Å². The summed E-state index contributed by atoms with van der Waals surface area (Å²) >= 11 is 1.82. The number of nitrogens with zero attached hydrogens (tertiary/aromatic N) is 2. The number of benzene rings is 8. The highest BCUT2D eigenvalue weighted by atomic mass is 32.1. The Labute approximate surface area is 315 Å². The van der Waals surface area contributed by atoms with E-state index in [0.29, 0.717) is 5.84 Å². The number of furan rings is 1. The molecule has 0 saturated heterocycles. The van der Waals surface area contributed by atoms with Gasteiger partial charge in [-0.05, 0) is 93.2 Å². The summed E-state index contributed by atoms with van der Waals surface area (Å²) in [6.07, 6.45) is -0.325. The Hall–Kier alpha value is -6.82. The van der Waals surface area contributed by atoms with Gasteiger partial charge in [0.25, 0.3) is 0 Å². The predicted octanol–water partition coefficient (Wildman–Crippen LogP) is 12.9. The minimum absolute atomic E-state index is 0.325. The molecule has 0 bridgehead atoms. The maximum atomic E-state index is 6.20. The van der Waals surface area contributed by atoms with Gasteiger partial charge in [0.1, 0.15) is 23.2 Å². The molecule has 254 valence electrons. The molecule has 3 heterocycles. The van der Waals surface area contributed by atoms with Gasteiger partial charge in [-0.3, -0.25) is 0 Å². The van der Waals surface area contributed by atoms with E-state index in [-0.39, 0.29) is 6.17 Å². The first-order valence-electron chi connectivity index (χ1n) is 18.2. The zero-order chi connectivity index (χ0) is 35.6. The second-order valence-corrected chi connectivity index (χ2v) is 14.9. The Morgan fingerprint density at radius 3 is 2.09 bits per heavy atom. The van der Waals surface area contributed by atoms with Gasteiger partial charge >= 0.3 is 0 Å². The molecule has 1 aliphatic heterocycles. The van der Waals surface area contributed by atoms with Crippen LogP contribution in [0.15, 0.2) is 190 Å². The maximum absolute atomic E-state index is 6.20. The fourth-order valence-corrected chi connectivity index (χ4v) is 8.94. The van der Waals surface area contributed by atoms with Crippen molar-refractivity contribution >= 4 is 75.9 Å². The van der Waals surface area contributed by atoms with E-state index in [0.717, 1.165) is 66.4 Å². The van der Waals surface area contributed by atoms with Crippen LogP contribution < -0.4 is 5.32 Å². The van der Waals surface area contributed by atoms with Gasteiger partial charge in [-0.25, -0.2) is 9.98 Å².